The molecule has 2 heterocycles. The van der Waals surface area contributed by atoms with Crippen molar-refractivity contribution in [3.05, 3.63) is 16.5 Å². The summed E-state index contributed by atoms with van der Waals surface area (Å²) >= 11 is 1.35. The Bertz CT molecular complexity index is 563. The number of thiophene rings is 1. The lowest BCUT2D eigenvalue weighted by Gasteiger charge is -2.18. The normalized spacial score (nSPS) is 20.8. The van der Waals surface area contributed by atoms with Crippen LogP contribution in [0, 0.1) is 12.8 Å². The number of nitrogens with one attached hydrogen (secondary N) is 2. The fourth-order valence-electron chi connectivity index (χ4n) is 2.38. The molecule has 1 aliphatic rings. The van der Waals surface area contributed by atoms with Crippen LogP contribution >= 0.6 is 11.3 Å². The van der Waals surface area contributed by atoms with Crippen molar-refractivity contribution in [2.75, 3.05) is 19.8 Å². The van der Waals surface area contributed by atoms with Crippen molar-refractivity contribution in [2.24, 2.45) is 5.92 Å². The Morgan fingerprint density at radius 3 is 2.90 bits per heavy atom. The summed E-state index contributed by atoms with van der Waals surface area (Å²) in [5.74, 6) is 0.266. The van der Waals surface area contributed by atoms with Crippen molar-refractivity contribution in [1.29, 1.82) is 0 Å². The van der Waals surface area contributed by atoms with Crippen LogP contribution in [0.15, 0.2) is 10.3 Å². The van der Waals surface area contributed by atoms with Crippen LogP contribution in [-0.4, -0.2) is 34.2 Å². The molecule has 0 spiro atoms. The van der Waals surface area contributed by atoms with Crippen molar-refractivity contribution in [2.45, 2.75) is 44.0 Å². The Kier molecular flexibility index (Phi) is 5.79. The van der Waals surface area contributed by atoms with E-state index in [1.165, 1.54) is 11.3 Å². The van der Waals surface area contributed by atoms with E-state index in [1.54, 1.807) is 6.07 Å². The first kappa shape index (κ1) is 16.9. The van der Waals surface area contributed by atoms with Crippen molar-refractivity contribution in [3.63, 3.8) is 0 Å². The number of hydrogen-bond donors (Lipinski definition) is 2. The maximum absolute atomic E-state index is 12.5. The maximum Gasteiger partial charge on any atom is 0.250 e. The van der Waals surface area contributed by atoms with Gasteiger partial charge in [-0.15, -0.1) is 11.3 Å². The van der Waals surface area contributed by atoms with E-state index >= 15 is 0 Å². The molecule has 120 valence electrons. The first-order valence-corrected chi connectivity index (χ1v) is 9.64. The first-order valence-electron chi connectivity index (χ1n) is 7.34. The maximum atomic E-state index is 12.5. The van der Waals surface area contributed by atoms with Crippen molar-refractivity contribution >= 4 is 21.4 Å². The van der Waals surface area contributed by atoms with Gasteiger partial charge in [0.05, 0.1) is 6.61 Å². The van der Waals surface area contributed by atoms with Gasteiger partial charge in [-0.1, -0.05) is 6.92 Å². The second-order valence-electron chi connectivity index (χ2n) is 5.49. The molecule has 0 saturated carbocycles. The topological polar surface area (TPSA) is 67.4 Å². The molecule has 1 aromatic heterocycles. The van der Waals surface area contributed by atoms with E-state index in [0.29, 0.717) is 17.4 Å². The van der Waals surface area contributed by atoms with Gasteiger partial charge in [0.25, 0.3) is 0 Å². The average Bonchev–Trinajstić information content (AvgIpc) is 3.05. The Morgan fingerprint density at radius 2 is 2.29 bits per heavy atom. The summed E-state index contributed by atoms with van der Waals surface area (Å²) in [6.45, 7) is 8.85. The number of sulfonamides is 1. The highest BCUT2D eigenvalue weighted by molar-refractivity contribution is 7.91. The molecule has 1 aliphatic heterocycles. The Balaban J connectivity index is 2.08. The third-order valence-corrected chi connectivity index (χ3v) is 7.08. The summed E-state index contributed by atoms with van der Waals surface area (Å²) in [5, 5.41) is 3.23. The van der Waals surface area contributed by atoms with Crippen LogP contribution < -0.4 is 10.0 Å². The van der Waals surface area contributed by atoms with Gasteiger partial charge in [-0.3, -0.25) is 0 Å². The standard InChI is InChI=1S/C14H24N2O3S2/c1-4-15-8-13-10(2)7-14(20-13)21(17,18)16-11(3)12-5-6-19-9-12/h7,11-12,15-16H,4-6,8-9H2,1-3H3. The number of aryl methyl sites for hydroxylation is 1. The number of ether oxygens (including phenoxy) is 1. The average molecular weight is 332 g/mol. The lowest BCUT2D eigenvalue weighted by Crippen LogP contribution is -2.38. The molecule has 0 bridgehead atoms. The molecule has 1 fully saturated rings. The highest BCUT2D eigenvalue weighted by atomic mass is 32.2. The molecule has 21 heavy (non-hydrogen) atoms. The molecule has 0 aliphatic carbocycles. The summed E-state index contributed by atoms with van der Waals surface area (Å²) < 4.78 is 33.5. The SMILES string of the molecule is CCNCc1sc(S(=O)(=O)NC(C)C2CCOC2)cc1C. The molecule has 1 aromatic rings. The predicted molar refractivity (Wildman–Crippen MR) is 85.1 cm³/mol. The van der Waals surface area contributed by atoms with E-state index in [0.717, 1.165) is 30.0 Å². The second kappa shape index (κ2) is 7.19. The van der Waals surface area contributed by atoms with E-state index < -0.39 is 10.0 Å². The minimum atomic E-state index is -3.44. The van der Waals surface area contributed by atoms with Crippen molar-refractivity contribution in [3.8, 4) is 0 Å². The van der Waals surface area contributed by atoms with Gasteiger partial charge in [-0.05, 0) is 38.4 Å². The van der Waals surface area contributed by atoms with Crippen molar-refractivity contribution in [1.82, 2.24) is 10.0 Å². The second-order valence-corrected chi connectivity index (χ2v) is 8.56. The largest absolute Gasteiger partial charge is 0.381 e. The highest BCUT2D eigenvalue weighted by Gasteiger charge is 2.28. The number of hydrogen-bond acceptors (Lipinski definition) is 5. The molecule has 0 radical (unpaired) electrons. The molecule has 0 aromatic carbocycles. The monoisotopic (exact) mass is 332 g/mol. The summed E-state index contributed by atoms with van der Waals surface area (Å²) in [6, 6.07) is 1.66. The van der Waals surface area contributed by atoms with Crippen LogP contribution in [0.4, 0.5) is 0 Å². The minimum absolute atomic E-state index is 0.0999. The van der Waals surface area contributed by atoms with E-state index in [2.05, 4.69) is 10.0 Å². The quantitative estimate of drug-likeness (QED) is 0.800. The van der Waals surface area contributed by atoms with Gasteiger partial charge >= 0.3 is 0 Å². The van der Waals surface area contributed by atoms with Gasteiger partial charge in [0, 0.05) is 30.0 Å². The molecule has 5 nitrogen and oxygen atoms in total. The summed E-state index contributed by atoms with van der Waals surface area (Å²) in [6.07, 6.45) is 0.916. The van der Waals surface area contributed by atoms with Crippen molar-refractivity contribution < 1.29 is 13.2 Å². The summed E-state index contributed by atoms with van der Waals surface area (Å²) in [5.41, 5.74) is 1.03. The Hall–Kier alpha value is -0.470. The molecule has 0 amide bonds. The number of rotatable bonds is 7. The molecule has 2 unspecified atom stereocenters. The smallest absolute Gasteiger partial charge is 0.250 e. The van der Waals surface area contributed by atoms with E-state index in [1.807, 2.05) is 20.8 Å². The molecular formula is C14H24N2O3S2. The van der Waals surface area contributed by atoms with Gasteiger partial charge in [0.15, 0.2) is 0 Å². The fraction of sp³-hybridized carbons (Fsp3) is 0.714. The fourth-order valence-corrected chi connectivity index (χ4v) is 5.27. The third-order valence-electron chi connectivity index (χ3n) is 3.81. The van der Waals surface area contributed by atoms with E-state index in [9.17, 15) is 8.42 Å². The predicted octanol–water partition coefficient (Wildman–Crippen LogP) is 1.87. The van der Waals surface area contributed by atoms with Gasteiger partial charge in [0.2, 0.25) is 10.0 Å². The Labute approximate surface area is 131 Å². The third kappa shape index (κ3) is 4.26. The molecular weight excluding hydrogens is 308 g/mol. The zero-order valence-electron chi connectivity index (χ0n) is 12.8. The van der Waals surface area contributed by atoms with Crippen LogP contribution in [-0.2, 0) is 21.3 Å². The molecule has 2 rings (SSSR count). The van der Waals surface area contributed by atoms with Gasteiger partial charge in [-0.25, -0.2) is 13.1 Å². The lowest BCUT2D eigenvalue weighted by molar-refractivity contribution is 0.180. The zero-order chi connectivity index (χ0) is 15.5. The molecule has 2 atom stereocenters. The van der Waals surface area contributed by atoms with E-state index in [4.69, 9.17) is 4.74 Å². The van der Waals surface area contributed by atoms with Gasteiger partial charge in [-0.2, -0.15) is 0 Å². The molecule has 2 N–H and O–H groups in total. The van der Waals surface area contributed by atoms with Crippen LogP contribution in [0.1, 0.15) is 30.7 Å². The minimum Gasteiger partial charge on any atom is -0.381 e. The summed E-state index contributed by atoms with van der Waals surface area (Å²) in [7, 11) is -3.44. The van der Waals surface area contributed by atoms with Crippen LogP contribution in [0.25, 0.3) is 0 Å². The van der Waals surface area contributed by atoms with Gasteiger partial charge in [0.1, 0.15) is 4.21 Å². The summed E-state index contributed by atoms with van der Waals surface area (Å²) in [4.78, 5) is 1.08. The van der Waals surface area contributed by atoms with Crippen LogP contribution in [0.3, 0.4) is 0 Å². The van der Waals surface area contributed by atoms with Crippen LogP contribution in [0.2, 0.25) is 0 Å². The highest BCUT2D eigenvalue weighted by Crippen LogP contribution is 2.27. The lowest BCUT2D eigenvalue weighted by atomic mass is 10.0. The molecule has 7 heteroatoms. The first-order chi connectivity index (χ1) is 9.94. The van der Waals surface area contributed by atoms with Gasteiger partial charge < -0.3 is 10.1 Å². The zero-order valence-corrected chi connectivity index (χ0v) is 14.4. The Morgan fingerprint density at radius 1 is 1.52 bits per heavy atom. The molecule has 1 saturated heterocycles. The van der Waals surface area contributed by atoms with Crippen LogP contribution in [0.5, 0.6) is 0 Å². The van der Waals surface area contributed by atoms with E-state index in [-0.39, 0.29) is 12.0 Å².